The Bertz CT molecular complexity index is 917. The molecule has 0 spiro atoms. The van der Waals surface area contributed by atoms with E-state index in [0.29, 0.717) is 12.3 Å². The number of carbonyl (C=O) groups is 1. The lowest BCUT2D eigenvalue weighted by Gasteiger charge is -2.07. The van der Waals surface area contributed by atoms with E-state index in [0.717, 1.165) is 22.5 Å². The minimum Gasteiger partial charge on any atom is -0.361 e. The van der Waals surface area contributed by atoms with Crippen molar-refractivity contribution in [2.75, 3.05) is 12.3 Å². The maximum Gasteiger partial charge on any atom is 0.245 e. The molecule has 0 fully saturated rings. The van der Waals surface area contributed by atoms with Gasteiger partial charge in [-0.3, -0.25) is 9.79 Å². The Morgan fingerprint density at radius 3 is 2.84 bits per heavy atom. The van der Waals surface area contributed by atoms with Crippen LogP contribution in [0.3, 0.4) is 0 Å². The van der Waals surface area contributed by atoms with Crippen molar-refractivity contribution in [2.24, 2.45) is 4.99 Å². The molecule has 0 radical (unpaired) electrons. The van der Waals surface area contributed by atoms with Crippen LogP contribution in [0.1, 0.15) is 11.1 Å². The number of thioether (sulfide) groups is 1. The van der Waals surface area contributed by atoms with Crippen LogP contribution in [0.5, 0.6) is 0 Å². The molecule has 2 N–H and O–H groups in total. The highest BCUT2D eigenvalue weighted by Crippen LogP contribution is 2.23. The quantitative estimate of drug-likeness (QED) is 0.742. The first-order valence-electron chi connectivity index (χ1n) is 8.40. The molecule has 0 aliphatic carbocycles. The Morgan fingerprint density at radius 1 is 1.16 bits per heavy atom. The molecule has 2 heterocycles. The molecule has 0 bridgehead atoms. The predicted octanol–water partition coefficient (Wildman–Crippen LogP) is 3.39. The number of hydrogen-bond donors (Lipinski definition) is 2. The third-order valence-corrected chi connectivity index (χ3v) is 5.44. The van der Waals surface area contributed by atoms with Gasteiger partial charge in [0, 0.05) is 35.0 Å². The van der Waals surface area contributed by atoms with Crippen molar-refractivity contribution in [2.45, 2.75) is 12.5 Å². The van der Waals surface area contributed by atoms with Crippen molar-refractivity contribution in [3.8, 4) is 0 Å². The van der Waals surface area contributed by atoms with Gasteiger partial charge in [-0.25, -0.2) is 0 Å². The number of aromatic nitrogens is 1. The largest absolute Gasteiger partial charge is 0.361 e. The Balaban J connectivity index is 1.34. The van der Waals surface area contributed by atoms with Gasteiger partial charge >= 0.3 is 0 Å². The molecule has 0 saturated carbocycles. The van der Waals surface area contributed by atoms with E-state index in [1.54, 1.807) is 11.8 Å². The summed E-state index contributed by atoms with van der Waals surface area (Å²) in [4.78, 5) is 20.2. The third kappa shape index (κ3) is 3.46. The fourth-order valence-electron chi connectivity index (χ4n) is 3.02. The SMILES string of the molecule is O=C(NCCc1c[nH]c2ccccc12)[C@@H]1CSC(c2ccccc2)=N1. The molecule has 126 valence electrons. The summed E-state index contributed by atoms with van der Waals surface area (Å²) in [6.45, 7) is 0.623. The first kappa shape index (κ1) is 16.0. The van der Waals surface area contributed by atoms with E-state index in [1.165, 1.54) is 10.9 Å². The summed E-state index contributed by atoms with van der Waals surface area (Å²) in [5.41, 5.74) is 3.44. The summed E-state index contributed by atoms with van der Waals surface area (Å²) in [6, 6.07) is 18.0. The van der Waals surface area contributed by atoms with E-state index >= 15 is 0 Å². The van der Waals surface area contributed by atoms with Crippen LogP contribution in [0.4, 0.5) is 0 Å². The van der Waals surface area contributed by atoms with E-state index < -0.39 is 0 Å². The van der Waals surface area contributed by atoms with Crippen molar-refractivity contribution in [3.63, 3.8) is 0 Å². The first-order chi connectivity index (χ1) is 12.3. The standard InChI is InChI=1S/C20H19N3OS/c24-19(18-13-25-20(23-18)14-6-2-1-3-7-14)21-11-10-15-12-22-17-9-5-4-8-16(15)17/h1-9,12,18,22H,10-11,13H2,(H,21,24)/t18-/m0/s1. The number of fused-ring (bicyclic) bond motifs is 1. The molecule has 1 amide bonds. The summed E-state index contributed by atoms with van der Waals surface area (Å²) in [6.07, 6.45) is 2.83. The number of hydrogen-bond acceptors (Lipinski definition) is 3. The Morgan fingerprint density at radius 2 is 1.96 bits per heavy atom. The van der Waals surface area contributed by atoms with Crippen molar-refractivity contribution in [1.82, 2.24) is 10.3 Å². The van der Waals surface area contributed by atoms with Crippen LogP contribution in [-0.2, 0) is 11.2 Å². The maximum atomic E-state index is 12.4. The predicted molar refractivity (Wildman–Crippen MR) is 104 cm³/mol. The Hall–Kier alpha value is -2.53. The summed E-state index contributed by atoms with van der Waals surface area (Å²) in [5.74, 6) is 0.724. The highest BCUT2D eigenvalue weighted by molar-refractivity contribution is 8.14. The molecular formula is C20H19N3OS. The second kappa shape index (κ2) is 7.15. The lowest BCUT2D eigenvalue weighted by atomic mass is 10.1. The van der Waals surface area contributed by atoms with Crippen molar-refractivity contribution in [1.29, 1.82) is 0 Å². The monoisotopic (exact) mass is 349 g/mol. The lowest BCUT2D eigenvalue weighted by Crippen LogP contribution is -2.35. The van der Waals surface area contributed by atoms with Gasteiger partial charge in [0.1, 0.15) is 6.04 Å². The van der Waals surface area contributed by atoms with Gasteiger partial charge in [-0.15, -0.1) is 11.8 Å². The van der Waals surface area contributed by atoms with Crippen LogP contribution >= 0.6 is 11.8 Å². The minimum atomic E-state index is -0.289. The van der Waals surface area contributed by atoms with Gasteiger partial charge in [0.25, 0.3) is 0 Å². The average Bonchev–Trinajstić information content (AvgIpc) is 3.30. The molecule has 1 aromatic heterocycles. The van der Waals surface area contributed by atoms with Gasteiger partial charge in [-0.05, 0) is 18.1 Å². The van der Waals surface area contributed by atoms with Gasteiger partial charge in [0.2, 0.25) is 5.91 Å². The first-order valence-corrected chi connectivity index (χ1v) is 9.38. The summed E-state index contributed by atoms with van der Waals surface area (Å²) in [7, 11) is 0. The molecular weight excluding hydrogens is 330 g/mol. The maximum absolute atomic E-state index is 12.4. The van der Waals surface area contributed by atoms with E-state index in [9.17, 15) is 4.79 Å². The van der Waals surface area contributed by atoms with E-state index in [1.807, 2.05) is 48.7 Å². The number of aliphatic imine (C=N–C) groups is 1. The van der Waals surface area contributed by atoms with Crippen LogP contribution in [0, 0.1) is 0 Å². The second-order valence-corrected chi connectivity index (χ2v) is 7.04. The van der Waals surface area contributed by atoms with Crippen LogP contribution < -0.4 is 5.32 Å². The number of nitrogens with one attached hydrogen (secondary N) is 2. The fraction of sp³-hybridized carbons (Fsp3) is 0.200. The number of amides is 1. The molecule has 1 aliphatic heterocycles. The third-order valence-electron chi connectivity index (χ3n) is 4.34. The number of rotatable bonds is 5. The number of H-pyrrole nitrogens is 1. The highest BCUT2D eigenvalue weighted by Gasteiger charge is 2.25. The van der Waals surface area contributed by atoms with Gasteiger partial charge in [-0.1, -0.05) is 48.5 Å². The number of aromatic amines is 1. The van der Waals surface area contributed by atoms with Crippen molar-refractivity contribution < 1.29 is 4.79 Å². The Kier molecular flexibility index (Phi) is 4.57. The highest BCUT2D eigenvalue weighted by atomic mass is 32.2. The average molecular weight is 349 g/mol. The smallest absolute Gasteiger partial charge is 0.245 e. The second-order valence-electron chi connectivity index (χ2n) is 6.03. The fourth-order valence-corrected chi connectivity index (χ4v) is 4.07. The van der Waals surface area contributed by atoms with Crippen molar-refractivity contribution >= 4 is 33.6 Å². The molecule has 25 heavy (non-hydrogen) atoms. The van der Waals surface area contributed by atoms with Crippen LogP contribution in [0.2, 0.25) is 0 Å². The van der Waals surface area contributed by atoms with Gasteiger partial charge in [0.15, 0.2) is 0 Å². The van der Waals surface area contributed by atoms with Crippen LogP contribution in [0.15, 0.2) is 65.8 Å². The van der Waals surface area contributed by atoms with E-state index in [4.69, 9.17) is 0 Å². The zero-order valence-corrected chi connectivity index (χ0v) is 14.6. The number of benzene rings is 2. The molecule has 0 saturated heterocycles. The number of nitrogens with zero attached hydrogens (tertiary/aromatic N) is 1. The summed E-state index contributed by atoms with van der Waals surface area (Å²) < 4.78 is 0. The minimum absolute atomic E-state index is 0.0123. The van der Waals surface area contributed by atoms with E-state index in [-0.39, 0.29) is 11.9 Å². The topological polar surface area (TPSA) is 57.2 Å². The molecule has 1 atom stereocenters. The van der Waals surface area contributed by atoms with Crippen LogP contribution in [-0.4, -0.2) is 34.3 Å². The normalized spacial score (nSPS) is 16.8. The zero-order valence-electron chi connectivity index (χ0n) is 13.7. The van der Waals surface area contributed by atoms with Gasteiger partial charge in [0.05, 0.1) is 5.04 Å². The van der Waals surface area contributed by atoms with E-state index in [2.05, 4.69) is 27.4 Å². The summed E-state index contributed by atoms with van der Waals surface area (Å²) in [5, 5.41) is 5.20. The molecule has 0 unspecified atom stereocenters. The molecule has 3 aromatic rings. The van der Waals surface area contributed by atoms with Gasteiger partial charge in [-0.2, -0.15) is 0 Å². The molecule has 5 heteroatoms. The van der Waals surface area contributed by atoms with Crippen LogP contribution in [0.25, 0.3) is 10.9 Å². The molecule has 4 rings (SSSR count). The molecule has 2 aromatic carbocycles. The molecule has 1 aliphatic rings. The number of carbonyl (C=O) groups excluding carboxylic acids is 1. The zero-order chi connectivity index (χ0) is 17.1. The summed E-state index contributed by atoms with van der Waals surface area (Å²) >= 11 is 1.65. The molecule has 4 nitrogen and oxygen atoms in total. The van der Waals surface area contributed by atoms with Gasteiger partial charge < -0.3 is 10.3 Å². The Labute approximate surface area is 150 Å². The lowest BCUT2D eigenvalue weighted by molar-refractivity contribution is -0.121. The number of para-hydroxylation sites is 1. The van der Waals surface area contributed by atoms with Crippen molar-refractivity contribution in [3.05, 3.63) is 71.9 Å².